The number of halogens is 3. The van der Waals surface area contributed by atoms with Gasteiger partial charge >= 0.3 is 0 Å². The molecule has 4 rings (SSSR count). The van der Waals surface area contributed by atoms with Crippen molar-refractivity contribution in [1.29, 1.82) is 0 Å². The van der Waals surface area contributed by atoms with E-state index in [1.54, 1.807) is 37.3 Å². The molecule has 1 aromatic carbocycles. The van der Waals surface area contributed by atoms with Crippen molar-refractivity contribution < 1.29 is 18.3 Å². The van der Waals surface area contributed by atoms with Gasteiger partial charge in [-0.05, 0) is 31.2 Å². The van der Waals surface area contributed by atoms with Gasteiger partial charge in [0.25, 0.3) is 11.7 Å². The molecule has 25 heavy (non-hydrogen) atoms. The number of rotatable bonds is 2. The lowest BCUT2D eigenvalue weighted by molar-refractivity contribution is -0.0745. The van der Waals surface area contributed by atoms with Crippen LogP contribution in [0.5, 0.6) is 11.5 Å². The van der Waals surface area contributed by atoms with Gasteiger partial charge in [-0.15, -0.1) is 0 Å². The molecule has 1 fully saturated rings. The normalized spacial score (nSPS) is 27.3. The molecular formula is C18H17ClF2N2O2. The highest BCUT2D eigenvalue weighted by atomic mass is 35.5. The average molecular weight is 367 g/mol. The maximum absolute atomic E-state index is 14.4. The monoisotopic (exact) mass is 366 g/mol. The molecule has 2 aliphatic rings. The van der Waals surface area contributed by atoms with Crippen LogP contribution in [-0.2, 0) is 5.79 Å². The topological polar surface area (TPSA) is 43.4 Å². The number of ether oxygens (including phenoxy) is 2. The molecule has 0 bridgehead atoms. The van der Waals surface area contributed by atoms with E-state index in [9.17, 15) is 8.78 Å². The predicted molar refractivity (Wildman–Crippen MR) is 89.5 cm³/mol. The lowest BCUT2D eigenvalue weighted by Gasteiger charge is -2.32. The molecule has 132 valence electrons. The van der Waals surface area contributed by atoms with E-state index in [-0.39, 0.29) is 6.54 Å². The van der Waals surface area contributed by atoms with Gasteiger partial charge in [-0.25, -0.2) is 8.78 Å². The summed E-state index contributed by atoms with van der Waals surface area (Å²) in [5.41, 5.74) is 0.998. The second-order valence-electron chi connectivity index (χ2n) is 6.47. The molecule has 0 aliphatic carbocycles. The third kappa shape index (κ3) is 2.83. The SMILES string of the molecule is C[C@@]1(c2ccc(Cl)cn2)Oc2cccc(C3CCNCC3(F)F)c2O1. The van der Waals surface area contributed by atoms with Crippen molar-refractivity contribution in [3.63, 3.8) is 0 Å². The summed E-state index contributed by atoms with van der Waals surface area (Å²) in [6.45, 7) is 1.92. The van der Waals surface area contributed by atoms with E-state index in [1.165, 1.54) is 6.20 Å². The highest BCUT2D eigenvalue weighted by Gasteiger charge is 2.47. The molecule has 7 heteroatoms. The fourth-order valence-corrected chi connectivity index (χ4v) is 3.50. The molecule has 2 aliphatic heterocycles. The minimum atomic E-state index is -2.84. The number of hydrogen-bond acceptors (Lipinski definition) is 4. The second kappa shape index (κ2) is 5.81. The third-order valence-electron chi connectivity index (χ3n) is 4.66. The van der Waals surface area contributed by atoms with Crippen LogP contribution >= 0.6 is 11.6 Å². The number of nitrogens with zero attached hydrogens (tertiary/aromatic N) is 1. The lowest BCUT2D eigenvalue weighted by atomic mass is 9.86. The fraction of sp³-hybridized carbons (Fsp3) is 0.389. The first-order valence-electron chi connectivity index (χ1n) is 8.10. The van der Waals surface area contributed by atoms with Gasteiger partial charge in [-0.2, -0.15) is 0 Å². The number of fused-ring (bicyclic) bond motifs is 1. The molecule has 1 unspecified atom stereocenters. The van der Waals surface area contributed by atoms with Gasteiger partial charge < -0.3 is 14.8 Å². The molecule has 3 heterocycles. The Hall–Kier alpha value is -1.92. The maximum atomic E-state index is 14.4. The first-order valence-corrected chi connectivity index (χ1v) is 8.48. The van der Waals surface area contributed by atoms with Crippen molar-refractivity contribution in [3.8, 4) is 11.5 Å². The van der Waals surface area contributed by atoms with E-state index >= 15 is 0 Å². The molecule has 1 saturated heterocycles. The summed E-state index contributed by atoms with van der Waals surface area (Å²) in [6.07, 6.45) is 1.84. The quantitative estimate of drug-likeness (QED) is 0.869. The Morgan fingerprint density at radius 2 is 2.08 bits per heavy atom. The summed E-state index contributed by atoms with van der Waals surface area (Å²) in [5, 5.41) is 3.24. The Kier molecular flexibility index (Phi) is 3.85. The van der Waals surface area contributed by atoms with Crippen LogP contribution in [0.2, 0.25) is 5.02 Å². The Morgan fingerprint density at radius 3 is 2.80 bits per heavy atom. The van der Waals surface area contributed by atoms with Gasteiger partial charge in [0, 0.05) is 18.7 Å². The van der Waals surface area contributed by atoms with E-state index in [0.717, 1.165) is 0 Å². The first kappa shape index (κ1) is 16.5. The number of pyridine rings is 1. The van der Waals surface area contributed by atoms with Crippen LogP contribution in [0.25, 0.3) is 0 Å². The fourth-order valence-electron chi connectivity index (χ4n) is 3.39. The van der Waals surface area contributed by atoms with Crippen LogP contribution in [0, 0.1) is 0 Å². The Bertz CT molecular complexity index is 800. The highest BCUT2D eigenvalue weighted by Crippen LogP contribution is 2.51. The molecule has 1 N–H and O–H groups in total. The van der Waals surface area contributed by atoms with Crippen molar-refractivity contribution in [3.05, 3.63) is 52.8 Å². The van der Waals surface area contributed by atoms with Crippen molar-refractivity contribution >= 4 is 11.6 Å². The van der Waals surface area contributed by atoms with Crippen molar-refractivity contribution in [1.82, 2.24) is 10.3 Å². The Morgan fingerprint density at radius 1 is 1.24 bits per heavy atom. The third-order valence-corrected chi connectivity index (χ3v) is 4.88. The van der Waals surface area contributed by atoms with E-state index in [4.69, 9.17) is 21.1 Å². The summed E-state index contributed by atoms with van der Waals surface area (Å²) >= 11 is 5.88. The summed E-state index contributed by atoms with van der Waals surface area (Å²) in [5.74, 6) is -4.10. The van der Waals surface area contributed by atoms with Gasteiger partial charge in [0.2, 0.25) is 0 Å². The summed E-state index contributed by atoms with van der Waals surface area (Å²) < 4.78 is 40.7. The maximum Gasteiger partial charge on any atom is 0.292 e. The number of piperidine rings is 1. The van der Waals surface area contributed by atoms with Crippen LogP contribution in [0.4, 0.5) is 8.78 Å². The number of alkyl halides is 2. The number of hydrogen-bond donors (Lipinski definition) is 1. The number of nitrogens with one attached hydrogen (secondary N) is 1. The summed E-state index contributed by atoms with van der Waals surface area (Å²) in [4.78, 5) is 4.25. The standard InChI is InChI=1S/C18H17ClF2N2O2/c1-17(15-6-5-11(19)9-23-15)24-14-4-2-3-12(16(14)25-17)13-7-8-22-10-18(13,20)21/h2-6,9,13,22H,7-8,10H2,1H3/t13?,17-/m1/s1. The smallest absolute Gasteiger partial charge is 0.292 e. The lowest BCUT2D eigenvalue weighted by Crippen LogP contribution is -2.44. The zero-order valence-electron chi connectivity index (χ0n) is 13.6. The molecule has 2 atom stereocenters. The van der Waals surface area contributed by atoms with Crippen LogP contribution in [0.1, 0.15) is 30.5 Å². The second-order valence-corrected chi connectivity index (χ2v) is 6.90. The van der Waals surface area contributed by atoms with Crippen molar-refractivity contribution in [2.24, 2.45) is 0 Å². The summed E-state index contributed by atoms with van der Waals surface area (Å²) in [6, 6.07) is 8.52. The number of benzene rings is 1. The Balaban J connectivity index is 1.71. The molecule has 4 nitrogen and oxygen atoms in total. The number of para-hydroxylation sites is 1. The zero-order valence-corrected chi connectivity index (χ0v) is 14.3. The summed E-state index contributed by atoms with van der Waals surface area (Å²) in [7, 11) is 0. The molecule has 0 amide bonds. The zero-order chi connectivity index (χ0) is 17.7. The first-order chi connectivity index (χ1) is 11.9. The van der Waals surface area contributed by atoms with Gasteiger partial charge in [0.05, 0.1) is 17.5 Å². The highest BCUT2D eigenvalue weighted by molar-refractivity contribution is 6.30. The number of aromatic nitrogens is 1. The minimum Gasteiger partial charge on any atom is -0.443 e. The minimum absolute atomic E-state index is 0.335. The predicted octanol–water partition coefficient (Wildman–Crippen LogP) is 4.09. The Labute approximate surface area is 149 Å². The van der Waals surface area contributed by atoms with Gasteiger partial charge in [0.1, 0.15) is 5.69 Å². The van der Waals surface area contributed by atoms with Crippen LogP contribution < -0.4 is 14.8 Å². The molecule has 0 spiro atoms. The molecular weight excluding hydrogens is 350 g/mol. The van der Waals surface area contributed by atoms with E-state index in [0.29, 0.717) is 40.7 Å². The van der Waals surface area contributed by atoms with E-state index < -0.39 is 17.6 Å². The van der Waals surface area contributed by atoms with Gasteiger partial charge in [-0.1, -0.05) is 23.7 Å². The largest absolute Gasteiger partial charge is 0.443 e. The van der Waals surface area contributed by atoms with Crippen LogP contribution in [0.15, 0.2) is 36.5 Å². The van der Waals surface area contributed by atoms with Gasteiger partial charge in [0.15, 0.2) is 11.5 Å². The van der Waals surface area contributed by atoms with Crippen LogP contribution in [0.3, 0.4) is 0 Å². The molecule has 0 saturated carbocycles. The van der Waals surface area contributed by atoms with E-state index in [2.05, 4.69) is 10.3 Å². The van der Waals surface area contributed by atoms with Gasteiger partial charge in [-0.3, -0.25) is 4.98 Å². The van der Waals surface area contributed by atoms with E-state index in [1.807, 2.05) is 0 Å². The van der Waals surface area contributed by atoms with Crippen molar-refractivity contribution in [2.75, 3.05) is 13.1 Å². The molecule has 0 radical (unpaired) electrons. The van der Waals surface area contributed by atoms with Crippen LogP contribution in [-0.4, -0.2) is 24.0 Å². The molecule has 1 aromatic heterocycles. The molecule has 2 aromatic rings. The average Bonchev–Trinajstić information content (AvgIpc) is 2.92. The van der Waals surface area contributed by atoms with Crippen molar-refractivity contribution in [2.45, 2.75) is 31.0 Å².